The number of benzene rings is 2. The van der Waals surface area contributed by atoms with Crippen molar-refractivity contribution in [1.82, 2.24) is 4.31 Å². The maximum atomic E-state index is 13.7. The van der Waals surface area contributed by atoms with Crippen molar-refractivity contribution < 1.29 is 8.42 Å². The standard InChI is InChI=1S/C16H16NO2S.3C4H9.Sn/c1-3-17(13-15-7-5-4-6-8-15)20(18,19)16-11-9-14(2)10-12-16;3*1-3-4-2;/h1,3-12H,13H2,2H3;3*1,3-4H2,2H3;. The van der Waals surface area contributed by atoms with Crippen molar-refractivity contribution in [2.75, 3.05) is 0 Å². The normalized spacial score (nSPS) is 12.4. The third-order valence-electron chi connectivity index (χ3n) is 6.49. The first-order chi connectivity index (χ1) is 15.9. The van der Waals surface area contributed by atoms with Crippen LogP contribution in [0, 0.1) is 6.92 Å². The Bertz CT molecular complexity index is 918. The van der Waals surface area contributed by atoms with E-state index in [0.29, 0.717) is 11.4 Å². The van der Waals surface area contributed by atoms with Crippen LogP contribution < -0.4 is 0 Å². The first kappa shape index (κ1) is 28.0. The van der Waals surface area contributed by atoms with Gasteiger partial charge in [0.15, 0.2) is 0 Å². The molecule has 0 N–H and O–H groups in total. The van der Waals surface area contributed by atoms with E-state index >= 15 is 0 Å². The predicted molar refractivity (Wildman–Crippen MR) is 144 cm³/mol. The number of hydrogen-bond donors (Lipinski definition) is 0. The molecule has 0 saturated heterocycles. The molecule has 0 saturated carbocycles. The van der Waals surface area contributed by atoms with Crippen LogP contribution in [-0.4, -0.2) is 31.1 Å². The number of aryl methyl sites for hydroxylation is 1. The van der Waals surface area contributed by atoms with Crippen molar-refractivity contribution in [2.24, 2.45) is 0 Å². The van der Waals surface area contributed by atoms with Crippen LogP contribution in [0.25, 0.3) is 0 Å². The van der Waals surface area contributed by atoms with Gasteiger partial charge in [0.1, 0.15) is 0 Å². The van der Waals surface area contributed by atoms with E-state index in [4.69, 9.17) is 0 Å². The van der Waals surface area contributed by atoms with Gasteiger partial charge in [-0.2, -0.15) is 0 Å². The number of sulfonamides is 1. The maximum absolute atomic E-state index is 13.7. The molecule has 33 heavy (non-hydrogen) atoms. The molecule has 0 unspecified atom stereocenters. The molecule has 2 rings (SSSR count). The molecule has 0 aromatic heterocycles. The van der Waals surface area contributed by atoms with Crippen LogP contribution in [0.15, 0.2) is 69.8 Å². The van der Waals surface area contributed by atoms with Crippen molar-refractivity contribution in [2.45, 2.75) is 91.0 Å². The molecule has 0 aliphatic rings. The Kier molecular flexibility index (Phi) is 12.0. The summed E-state index contributed by atoms with van der Waals surface area (Å²) in [6.07, 6.45) is 9.38. The third-order valence-corrected chi connectivity index (χ3v) is 22.2. The van der Waals surface area contributed by atoms with Gasteiger partial charge in [-0.25, -0.2) is 0 Å². The van der Waals surface area contributed by atoms with E-state index in [2.05, 4.69) is 24.9 Å². The van der Waals surface area contributed by atoms with Crippen LogP contribution in [-0.2, 0) is 16.6 Å². The van der Waals surface area contributed by atoms with Crippen molar-refractivity contribution in [3.63, 3.8) is 0 Å². The van der Waals surface area contributed by atoms with Crippen LogP contribution in [0.2, 0.25) is 13.3 Å². The van der Waals surface area contributed by atoms with Gasteiger partial charge in [-0.05, 0) is 0 Å². The third kappa shape index (κ3) is 8.79. The number of hydrogen-bond acceptors (Lipinski definition) is 2. The minimum atomic E-state index is -3.62. The monoisotopic (exact) mass is 577 g/mol. The fraction of sp³-hybridized carbons (Fsp3) is 0.500. The van der Waals surface area contributed by atoms with E-state index in [-0.39, 0.29) is 0 Å². The van der Waals surface area contributed by atoms with Gasteiger partial charge in [0.25, 0.3) is 0 Å². The molecule has 0 fully saturated rings. The molecule has 0 bridgehead atoms. The molecule has 3 nitrogen and oxygen atoms in total. The number of unbranched alkanes of at least 4 members (excludes halogenated alkanes) is 3. The van der Waals surface area contributed by atoms with Gasteiger partial charge in [-0.15, -0.1) is 0 Å². The summed E-state index contributed by atoms with van der Waals surface area (Å²) >= 11 is -2.62. The topological polar surface area (TPSA) is 37.4 Å². The van der Waals surface area contributed by atoms with Crippen molar-refractivity contribution >= 4 is 28.4 Å². The molecular formula is C28H43NO2SSn. The summed E-state index contributed by atoms with van der Waals surface area (Å²) in [5, 5.41) is 0. The summed E-state index contributed by atoms with van der Waals surface area (Å²) in [6, 6.07) is 17.2. The van der Waals surface area contributed by atoms with Gasteiger partial charge in [-0.3, -0.25) is 0 Å². The molecule has 2 aromatic rings. The SMILES string of the molecule is CCC[CH2][Sn](/[CH]=C/N(Cc1ccccc1)S(=O)(=O)c1ccc(C)cc1)([CH2]CCC)[CH2]CCC. The Morgan fingerprint density at radius 2 is 1.30 bits per heavy atom. The second-order valence-electron chi connectivity index (χ2n) is 9.34. The quantitative estimate of drug-likeness (QED) is 0.201. The summed E-state index contributed by atoms with van der Waals surface area (Å²) in [4.78, 5) is 0.366. The van der Waals surface area contributed by atoms with Crippen LogP contribution in [0.3, 0.4) is 0 Å². The molecule has 2 aromatic carbocycles. The van der Waals surface area contributed by atoms with Crippen LogP contribution in [0.5, 0.6) is 0 Å². The van der Waals surface area contributed by atoms with E-state index in [0.717, 1.165) is 11.1 Å². The first-order valence-corrected chi connectivity index (χ1v) is 21.8. The minimum absolute atomic E-state index is 0.366. The second-order valence-corrected chi connectivity index (χ2v) is 24.2. The summed E-state index contributed by atoms with van der Waals surface area (Å²) in [6.45, 7) is 9.15. The second kappa shape index (κ2) is 14.2. The van der Waals surface area contributed by atoms with Gasteiger partial charge < -0.3 is 0 Å². The average Bonchev–Trinajstić information content (AvgIpc) is 2.83. The van der Waals surface area contributed by atoms with Gasteiger partial charge in [0.2, 0.25) is 0 Å². The van der Waals surface area contributed by atoms with E-state index in [1.807, 2.05) is 55.6 Å². The predicted octanol–water partition coefficient (Wildman–Crippen LogP) is 8.09. The number of nitrogens with zero attached hydrogens (tertiary/aromatic N) is 1. The zero-order chi connectivity index (χ0) is 24.2. The molecule has 0 aliphatic heterocycles. The fourth-order valence-corrected chi connectivity index (χ4v) is 19.9. The summed E-state index contributed by atoms with van der Waals surface area (Å²) in [5.41, 5.74) is 2.07. The van der Waals surface area contributed by atoms with Crippen LogP contribution >= 0.6 is 0 Å². The average molecular weight is 576 g/mol. The number of rotatable bonds is 15. The van der Waals surface area contributed by atoms with Crippen molar-refractivity contribution in [3.8, 4) is 0 Å². The zero-order valence-electron chi connectivity index (χ0n) is 21.1. The molecule has 0 amide bonds. The molecule has 0 heterocycles. The summed E-state index contributed by atoms with van der Waals surface area (Å²) in [5.74, 6) is 0. The van der Waals surface area contributed by atoms with Crippen LogP contribution in [0.4, 0.5) is 0 Å². The molecule has 5 heteroatoms. The van der Waals surface area contributed by atoms with E-state index in [1.165, 1.54) is 51.8 Å². The molecule has 0 radical (unpaired) electrons. The molecule has 0 atom stereocenters. The van der Waals surface area contributed by atoms with Crippen molar-refractivity contribution in [3.05, 3.63) is 76.0 Å². The molecular weight excluding hydrogens is 533 g/mol. The summed E-state index contributed by atoms with van der Waals surface area (Å²) < 4.78 is 35.4. The molecule has 0 spiro atoms. The van der Waals surface area contributed by atoms with Crippen LogP contribution in [0.1, 0.15) is 70.4 Å². The zero-order valence-corrected chi connectivity index (χ0v) is 24.8. The van der Waals surface area contributed by atoms with Gasteiger partial charge >= 0.3 is 208 Å². The fourth-order valence-electron chi connectivity index (χ4n) is 4.28. The van der Waals surface area contributed by atoms with Crippen molar-refractivity contribution in [1.29, 1.82) is 0 Å². The Balaban J connectivity index is 2.47. The van der Waals surface area contributed by atoms with Gasteiger partial charge in [0, 0.05) is 0 Å². The Hall–Kier alpha value is -1.27. The van der Waals surface area contributed by atoms with E-state index in [9.17, 15) is 8.42 Å². The molecule has 0 aliphatic carbocycles. The van der Waals surface area contributed by atoms with E-state index in [1.54, 1.807) is 16.4 Å². The Morgan fingerprint density at radius 3 is 1.79 bits per heavy atom. The Morgan fingerprint density at radius 1 is 0.788 bits per heavy atom. The molecule has 182 valence electrons. The first-order valence-electron chi connectivity index (χ1n) is 12.7. The van der Waals surface area contributed by atoms with E-state index < -0.39 is 28.4 Å². The van der Waals surface area contributed by atoms with Gasteiger partial charge in [0.05, 0.1) is 0 Å². The Labute approximate surface area is 207 Å². The summed E-state index contributed by atoms with van der Waals surface area (Å²) in [7, 11) is -3.62. The van der Waals surface area contributed by atoms with Gasteiger partial charge in [-0.1, -0.05) is 0 Å².